The van der Waals surface area contributed by atoms with Crippen LogP contribution in [0.15, 0.2) is 0 Å². The lowest BCUT2D eigenvalue weighted by Crippen LogP contribution is -2.42. The van der Waals surface area contributed by atoms with Crippen LogP contribution in [0.5, 0.6) is 0 Å². The molecule has 0 aromatic carbocycles. The number of hydrogen-bond acceptors (Lipinski definition) is 2. The maximum absolute atomic E-state index is 5.07. The predicted octanol–water partition coefficient (Wildman–Crippen LogP) is 2.44. The molecule has 0 saturated carbocycles. The van der Waals surface area contributed by atoms with Crippen molar-refractivity contribution in [1.82, 2.24) is 5.32 Å². The SMILES string of the molecule is CC.COCC1CCCC(C)N1.[HH]. The van der Waals surface area contributed by atoms with Crippen LogP contribution in [0.25, 0.3) is 0 Å². The molecule has 0 radical (unpaired) electrons. The van der Waals surface area contributed by atoms with Gasteiger partial charge in [-0.15, -0.1) is 0 Å². The van der Waals surface area contributed by atoms with E-state index >= 15 is 0 Å². The summed E-state index contributed by atoms with van der Waals surface area (Å²) in [6, 6.07) is 1.29. The normalized spacial score (nSPS) is 29.0. The van der Waals surface area contributed by atoms with Crippen LogP contribution in [0.3, 0.4) is 0 Å². The van der Waals surface area contributed by atoms with Crippen LogP contribution in [0.2, 0.25) is 0 Å². The number of methoxy groups -OCH3 is 1. The highest BCUT2D eigenvalue weighted by Gasteiger charge is 2.16. The van der Waals surface area contributed by atoms with Gasteiger partial charge in [-0.1, -0.05) is 20.3 Å². The highest BCUT2D eigenvalue weighted by molar-refractivity contribution is 4.76. The molecule has 1 rings (SSSR count). The standard InChI is InChI=1S/C8H17NO.C2H6.H2/c1-7-4-3-5-8(9-7)6-10-2;1-2;/h7-9H,3-6H2,1-2H3;1-2H3;1H. The number of hydrogen-bond donors (Lipinski definition) is 1. The molecular weight excluding hydrogens is 150 g/mol. The van der Waals surface area contributed by atoms with E-state index in [1.807, 2.05) is 13.8 Å². The topological polar surface area (TPSA) is 21.3 Å². The Balaban J connectivity index is 0. The van der Waals surface area contributed by atoms with Gasteiger partial charge in [0.1, 0.15) is 0 Å². The number of nitrogens with one attached hydrogen (secondary N) is 1. The van der Waals surface area contributed by atoms with E-state index in [1.165, 1.54) is 19.3 Å². The Morgan fingerprint density at radius 1 is 1.42 bits per heavy atom. The Morgan fingerprint density at radius 3 is 2.58 bits per heavy atom. The molecule has 2 unspecified atom stereocenters. The molecule has 1 saturated heterocycles. The maximum atomic E-state index is 5.07. The highest BCUT2D eigenvalue weighted by Crippen LogP contribution is 2.11. The molecule has 0 bridgehead atoms. The Kier molecular flexibility index (Phi) is 7.51. The molecule has 0 amide bonds. The third-order valence-electron chi connectivity index (χ3n) is 2.08. The van der Waals surface area contributed by atoms with Gasteiger partial charge in [0, 0.05) is 20.6 Å². The Bertz CT molecular complexity index is 98.9. The largest absolute Gasteiger partial charge is 0.383 e. The zero-order chi connectivity index (χ0) is 9.40. The first-order valence-corrected chi connectivity index (χ1v) is 5.08. The zero-order valence-electron chi connectivity index (χ0n) is 8.89. The monoisotopic (exact) mass is 175 g/mol. The molecule has 1 aliphatic rings. The predicted molar refractivity (Wildman–Crippen MR) is 55.6 cm³/mol. The van der Waals surface area contributed by atoms with Gasteiger partial charge in [0.25, 0.3) is 0 Å². The number of rotatable bonds is 2. The van der Waals surface area contributed by atoms with Crippen LogP contribution in [-0.4, -0.2) is 25.8 Å². The summed E-state index contributed by atoms with van der Waals surface area (Å²) >= 11 is 0. The van der Waals surface area contributed by atoms with Crippen LogP contribution in [0, 0.1) is 0 Å². The minimum Gasteiger partial charge on any atom is -0.383 e. The molecule has 1 fully saturated rings. The third-order valence-corrected chi connectivity index (χ3v) is 2.08. The van der Waals surface area contributed by atoms with Gasteiger partial charge in [-0.25, -0.2) is 0 Å². The van der Waals surface area contributed by atoms with E-state index in [9.17, 15) is 0 Å². The Labute approximate surface area is 78.2 Å². The zero-order valence-corrected chi connectivity index (χ0v) is 8.89. The van der Waals surface area contributed by atoms with E-state index < -0.39 is 0 Å². The van der Waals surface area contributed by atoms with Crippen molar-refractivity contribution in [3.05, 3.63) is 0 Å². The van der Waals surface area contributed by atoms with Crippen molar-refractivity contribution in [3.8, 4) is 0 Å². The fourth-order valence-electron chi connectivity index (χ4n) is 1.57. The fourth-order valence-corrected chi connectivity index (χ4v) is 1.57. The minimum absolute atomic E-state index is 0. The lowest BCUT2D eigenvalue weighted by Gasteiger charge is -2.27. The van der Waals surface area contributed by atoms with Gasteiger partial charge < -0.3 is 10.1 Å². The second-order valence-corrected chi connectivity index (χ2v) is 3.15. The molecule has 0 aliphatic carbocycles. The van der Waals surface area contributed by atoms with E-state index in [1.54, 1.807) is 7.11 Å². The first-order chi connectivity index (χ1) is 5.83. The van der Waals surface area contributed by atoms with Crippen molar-refractivity contribution in [3.63, 3.8) is 0 Å². The first-order valence-electron chi connectivity index (χ1n) is 5.08. The van der Waals surface area contributed by atoms with Crippen LogP contribution < -0.4 is 5.32 Å². The average Bonchev–Trinajstić information content (AvgIpc) is 2.09. The molecule has 1 aliphatic heterocycles. The van der Waals surface area contributed by atoms with Crippen molar-refractivity contribution >= 4 is 0 Å². The summed E-state index contributed by atoms with van der Waals surface area (Å²) in [7, 11) is 1.76. The fraction of sp³-hybridized carbons (Fsp3) is 1.00. The van der Waals surface area contributed by atoms with Gasteiger partial charge >= 0.3 is 0 Å². The van der Waals surface area contributed by atoms with E-state index in [0.29, 0.717) is 12.1 Å². The van der Waals surface area contributed by atoms with Gasteiger partial charge in [-0.2, -0.15) is 0 Å². The average molecular weight is 175 g/mol. The minimum atomic E-state index is 0. The summed E-state index contributed by atoms with van der Waals surface area (Å²) in [5.74, 6) is 0. The first kappa shape index (κ1) is 11.9. The Hall–Kier alpha value is -0.0800. The van der Waals surface area contributed by atoms with Crippen molar-refractivity contribution in [2.24, 2.45) is 0 Å². The van der Waals surface area contributed by atoms with Gasteiger partial charge in [-0.3, -0.25) is 0 Å². The van der Waals surface area contributed by atoms with Gasteiger partial charge in [0.2, 0.25) is 0 Å². The van der Waals surface area contributed by atoms with E-state index in [0.717, 1.165) is 6.61 Å². The molecule has 0 aromatic heterocycles. The smallest absolute Gasteiger partial charge is 0.0615 e. The summed E-state index contributed by atoms with van der Waals surface area (Å²) < 4.78 is 5.07. The highest BCUT2D eigenvalue weighted by atomic mass is 16.5. The second kappa shape index (κ2) is 7.56. The van der Waals surface area contributed by atoms with Crippen molar-refractivity contribution in [2.75, 3.05) is 13.7 Å². The van der Waals surface area contributed by atoms with Crippen LogP contribution in [0.1, 0.15) is 41.5 Å². The molecule has 12 heavy (non-hydrogen) atoms. The Morgan fingerprint density at radius 2 is 2.08 bits per heavy atom. The number of ether oxygens (including phenoxy) is 1. The van der Waals surface area contributed by atoms with Gasteiger partial charge in [0.15, 0.2) is 0 Å². The third kappa shape index (κ3) is 4.73. The molecule has 1 N–H and O–H groups in total. The van der Waals surface area contributed by atoms with E-state index in [-0.39, 0.29) is 1.43 Å². The van der Waals surface area contributed by atoms with Crippen LogP contribution in [-0.2, 0) is 4.74 Å². The molecule has 2 heteroatoms. The van der Waals surface area contributed by atoms with Crippen molar-refractivity contribution in [1.29, 1.82) is 0 Å². The summed E-state index contributed by atoms with van der Waals surface area (Å²) in [6.45, 7) is 7.10. The number of piperidine rings is 1. The van der Waals surface area contributed by atoms with Crippen molar-refractivity contribution in [2.45, 2.75) is 52.1 Å². The molecule has 76 valence electrons. The summed E-state index contributed by atoms with van der Waals surface area (Å²) in [5.41, 5.74) is 0. The summed E-state index contributed by atoms with van der Waals surface area (Å²) in [5, 5.41) is 3.49. The van der Waals surface area contributed by atoms with Crippen molar-refractivity contribution < 1.29 is 6.16 Å². The maximum Gasteiger partial charge on any atom is 0.0615 e. The molecule has 2 nitrogen and oxygen atoms in total. The van der Waals surface area contributed by atoms with Gasteiger partial charge in [0.05, 0.1) is 6.61 Å². The molecule has 0 spiro atoms. The van der Waals surface area contributed by atoms with E-state index in [2.05, 4.69) is 12.2 Å². The van der Waals surface area contributed by atoms with Gasteiger partial charge in [-0.05, 0) is 19.8 Å². The second-order valence-electron chi connectivity index (χ2n) is 3.15. The quantitative estimate of drug-likeness (QED) is 0.696. The van der Waals surface area contributed by atoms with Crippen LogP contribution in [0.4, 0.5) is 0 Å². The van der Waals surface area contributed by atoms with Crippen LogP contribution >= 0.6 is 0 Å². The summed E-state index contributed by atoms with van der Waals surface area (Å²) in [6.07, 6.45) is 3.95. The summed E-state index contributed by atoms with van der Waals surface area (Å²) in [4.78, 5) is 0. The molecule has 2 atom stereocenters. The lowest BCUT2D eigenvalue weighted by atomic mass is 10.0. The lowest BCUT2D eigenvalue weighted by molar-refractivity contribution is 0.144. The molecule has 0 aromatic rings. The van der Waals surface area contributed by atoms with E-state index in [4.69, 9.17) is 4.74 Å². The molecule has 1 heterocycles. The molecular formula is C10H25NO.